The Balaban J connectivity index is 2.20. The van der Waals surface area contributed by atoms with Gasteiger partial charge in [0.05, 0.1) is 12.2 Å². The standard InChI is InChI=1S/C12H20N4O11P2/c1-3-16(9-5(2)10(19)15-12(13)14-9)11-8(18)7(17)6(26-11)4-25-29(23,24)27-28(20,21)22/h3,6-8,11,17-18H,1,4H2,2H3,(H,23,24)(H2,20,21,22)(H3,13,14,15,19)/t6-,7-,8-,11-/m1/s1. The zero-order valence-electron chi connectivity index (χ0n) is 14.9. The molecule has 8 N–H and O–H groups in total. The van der Waals surface area contributed by atoms with Crippen LogP contribution in [0.4, 0.5) is 11.8 Å². The molecule has 1 aliphatic heterocycles. The van der Waals surface area contributed by atoms with Gasteiger partial charge in [-0.05, 0) is 6.92 Å². The number of ether oxygens (including phenoxy) is 1. The summed E-state index contributed by atoms with van der Waals surface area (Å²) in [6.45, 7) is 4.07. The van der Waals surface area contributed by atoms with E-state index in [0.29, 0.717) is 0 Å². The number of aliphatic hydroxyl groups excluding tert-OH is 2. The molecule has 1 fully saturated rings. The molecule has 15 nitrogen and oxygen atoms in total. The molecule has 1 unspecified atom stereocenters. The third kappa shape index (κ3) is 5.71. The second-order valence-corrected chi connectivity index (χ2v) is 8.70. The number of nitrogen functional groups attached to an aromatic ring is 1. The third-order valence-corrected chi connectivity index (χ3v) is 5.96. The molecule has 0 amide bonds. The first-order chi connectivity index (χ1) is 13.3. The average molecular weight is 458 g/mol. The minimum atomic E-state index is -5.33. The Morgan fingerprint density at radius 2 is 1.97 bits per heavy atom. The molecule has 1 saturated heterocycles. The smallest absolute Gasteiger partial charge is 0.387 e. The zero-order valence-corrected chi connectivity index (χ0v) is 16.6. The van der Waals surface area contributed by atoms with Crippen molar-refractivity contribution in [2.75, 3.05) is 17.2 Å². The van der Waals surface area contributed by atoms with Crippen LogP contribution in [0.5, 0.6) is 0 Å². The Morgan fingerprint density at radius 1 is 1.34 bits per heavy atom. The van der Waals surface area contributed by atoms with E-state index in [-0.39, 0.29) is 17.3 Å². The zero-order chi connectivity index (χ0) is 22.1. The van der Waals surface area contributed by atoms with E-state index < -0.39 is 52.4 Å². The topological polar surface area (TPSA) is 238 Å². The molecule has 1 aliphatic rings. The summed E-state index contributed by atoms with van der Waals surface area (Å²) < 4.78 is 35.6. The molecule has 0 aromatic carbocycles. The van der Waals surface area contributed by atoms with Crippen LogP contribution in [0.25, 0.3) is 0 Å². The van der Waals surface area contributed by atoms with Crippen molar-refractivity contribution >= 4 is 27.4 Å². The van der Waals surface area contributed by atoms with E-state index in [0.717, 1.165) is 11.1 Å². The van der Waals surface area contributed by atoms with Gasteiger partial charge in [-0.1, -0.05) is 6.58 Å². The molecular weight excluding hydrogens is 438 g/mol. The van der Waals surface area contributed by atoms with Gasteiger partial charge in [0.2, 0.25) is 5.95 Å². The van der Waals surface area contributed by atoms with Crippen LogP contribution in [0.15, 0.2) is 17.6 Å². The van der Waals surface area contributed by atoms with Crippen molar-refractivity contribution in [3.8, 4) is 0 Å². The summed E-state index contributed by atoms with van der Waals surface area (Å²) in [5.74, 6) is -0.261. The third-order valence-electron chi connectivity index (χ3n) is 3.81. The number of phosphoric ester groups is 1. The van der Waals surface area contributed by atoms with Crippen molar-refractivity contribution in [3.63, 3.8) is 0 Å². The summed E-state index contributed by atoms with van der Waals surface area (Å²) >= 11 is 0. The summed E-state index contributed by atoms with van der Waals surface area (Å²) in [4.78, 5) is 45.7. The Bertz CT molecular complexity index is 918. The predicted octanol–water partition coefficient (Wildman–Crippen LogP) is -1.72. The number of rotatable bonds is 8. The summed E-state index contributed by atoms with van der Waals surface area (Å²) in [6, 6.07) is 0. The van der Waals surface area contributed by atoms with Crippen molar-refractivity contribution < 1.29 is 47.6 Å². The lowest BCUT2D eigenvalue weighted by Crippen LogP contribution is -2.42. The van der Waals surface area contributed by atoms with Gasteiger partial charge in [-0.15, -0.1) is 0 Å². The van der Waals surface area contributed by atoms with E-state index in [9.17, 15) is 29.0 Å². The van der Waals surface area contributed by atoms with Crippen LogP contribution < -0.4 is 16.2 Å². The number of aromatic nitrogens is 2. The van der Waals surface area contributed by atoms with Crippen LogP contribution >= 0.6 is 15.6 Å². The molecule has 2 rings (SSSR count). The molecule has 0 spiro atoms. The molecule has 17 heteroatoms. The van der Waals surface area contributed by atoms with Crippen LogP contribution in [-0.4, -0.2) is 66.0 Å². The van der Waals surface area contributed by atoms with E-state index in [1.165, 1.54) is 6.92 Å². The van der Waals surface area contributed by atoms with Crippen molar-refractivity contribution in [2.24, 2.45) is 0 Å². The predicted molar refractivity (Wildman–Crippen MR) is 96.3 cm³/mol. The molecule has 0 radical (unpaired) electrons. The van der Waals surface area contributed by atoms with E-state index in [1.54, 1.807) is 0 Å². The Morgan fingerprint density at radius 3 is 2.52 bits per heavy atom. The van der Waals surface area contributed by atoms with Crippen LogP contribution in [0.1, 0.15) is 5.56 Å². The quantitative estimate of drug-likeness (QED) is 0.215. The van der Waals surface area contributed by atoms with Gasteiger partial charge in [-0.25, -0.2) is 9.13 Å². The molecule has 0 aliphatic carbocycles. The van der Waals surface area contributed by atoms with Crippen molar-refractivity contribution in [1.82, 2.24) is 9.97 Å². The first-order valence-electron chi connectivity index (χ1n) is 7.79. The highest BCUT2D eigenvalue weighted by Crippen LogP contribution is 2.57. The van der Waals surface area contributed by atoms with E-state index in [2.05, 4.69) is 25.4 Å². The van der Waals surface area contributed by atoms with Crippen molar-refractivity contribution in [2.45, 2.75) is 31.5 Å². The van der Waals surface area contributed by atoms with Crippen molar-refractivity contribution in [3.05, 3.63) is 28.7 Å². The summed E-state index contributed by atoms with van der Waals surface area (Å²) in [5.41, 5.74) is 5.05. The number of phosphoric acid groups is 2. The molecule has 0 saturated carbocycles. The lowest BCUT2D eigenvalue weighted by molar-refractivity contribution is -0.0199. The highest BCUT2D eigenvalue weighted by atomic mass is 31.3. The maximum Gasteiger partial charge on any atom is 0.481 e. The number of hydrogen-bond donors (Lipinski definition) is 7. The van der Waals surface area contributed by atoms with Crippen LogP contribution in [0.3, 0.4) is 0 Å². The Labute approximate surface area is 163 Å². The van der Waals surface area contributed by atoms with Gasteiger partial charge in [-0.3, -0.25) is 14.3 Å². The van der Waals surface area contributed by atoms with Gasteiger partial charge in [0.15, 0.2) is 6.23 Å². The van der Waals surface area contributed by atoms with E-state index >= 15 is 0 Å². The second-order valence-electron chi connectivity index (χ2n) is 5.87. The fourth-order valence-corrected chi connectivity index (χ4v) is 4.12. The first kappa shape index (κ1) is 23.6. The fourth-order valence-electron chi connectivity index (χ4n) is 2.52. The number of nitrogens with zero attached hydrogens (tertiary/aromatic N) is 2. The van der Waals surface area contributed by atoms with Crippen LogP contribution in [0.2, 0.25) is 0 Å². The maximum atomic E-state index is 11.9. The number of aliphatic hydroxyl groups is 2. The van der Waals surface area contributed by atoms with E-state index in [1.807, 2.05) is 0 Å². The molecule has 29 heavy (non-hydrogen) atoms. The first-order valence-corrected chi connectivity index (χ1v) is 10.8. The number of nitrogens with one attached hydrogen (secondary N) is 1. The monoisotopic (exact) mass is 458 g/mol. The highest BCUT2D eigenvalue weighted by Gasteiger charge is 2.47. The lowest BCUT2D eigenvalue weighted by atomic mass is 10.1. The number of aromatic amines is 1. The summed E-state index contributed by atoms with van der Waals surface area (Å²) in [7, 11) is -10.5. The van der Waals surface area contributed by atoms with Gasteiger partial charge < -0.3 is 40.3 Å². The second kappa shape index (κ2) is 8.62. The maximum absolute atomic E-state index is 11.9. The van der Waals surface area contributed by atoms with Gasteiger partial charge in [0.1, 0.15) is 24.1 Å². The summed E-state index contributed by atoms with van der Waals surface area (Å²) in [6.07, 6.45) is -4.91. The van der Waals surface area contributed by atoms with Gasteiger partial charge in [-0.2, -0.15) is 9.29 Å². The number of hydrogen-bond acceptors (Lipinski definition) is 11. The molecule has 1 aromatic heterocycles. The minimum Gasteiger partial charge on any atom is -0.387 e. The van der Waals surface area contributed by atoms with Gasteiger partial charge in [0.25, 0.3) is 5.56 Å². The number of nitrogens with two attached hydrogens (primary N) is 1. The minimum absolute atomic E-state index is 0.0308. The van der Waals surface area contributed by atoms with Crippen molar-refractivity contribution in [1.29, 1.82) is 0 Å². The van der Waals surface area contributed by atoms with Gasteiger partial charge >= 0.3 is 15.6 Å². The molecule has 1 aromatic rings. The number of anilines is 2. The molecule has 0 bridgehead atoms. The van der Waals surface area contributed by atoms with Gasteiger partial charge in [0, 0.05) is 6.20 Å². The normalized spacial score (nSPS) is 26.8. The van der Waals surface area contributed by atoms with Crippen LogP contribution in [-0.2, 0) is 22.7 Å². The van der Waals surface area contributed by atoms with Crippen LogP contribution in [0, 0.1) is 6.92 Å². The fraction of sp³-hybridized carbons (Fsp3) is 0.500. The lowest BCUT2D eigenvalue weighted by Gasteiger charge is -2.28. The van der Waals surface area contributed by atoms with E-state index in [4.69, 9.17) is 20.3 Å². The average Bonchev–Trinajstić information content (AvgIpc) is 2.84. The summed E-state index contributed by atoms with van der Waals surface area (Å²) in [5, 5.41) is 20.4. The molecule has 164 valence electrons. The molecular formula is C12H20N4O11P2. The largest absolute Gasteiger partial charge is 0.481 e. The molecule has 2 heterocycles. The number of H-pyrrole nitrogens is 1. The molecule has 5 atom stereocenters. The SMILES string of the molecule is C=CN(c1nc(N)[nH]c(=O)c1C)[C@@H]1O[C@H](COP(=O)(O)OP(=O)(O)O)[C@@H](O)[C@H]1O. The Kier molecular flexibility index (Phi) is 7.02. The highest BCUT2D eigenvalue weighted by molar-refractivity contribution is 7.60. The Hall–Kier alpha value is -1.64.